The minimum atomic E-state index is -0.111. The maximum absolute atomic E-state index is 12.2. The number of aryl methyl sites for hydroxylation is 1. The van der Waals surface area contributed by atoms with Gasteiger partial charge in [-0.3, -0.25) is 4.79 Å². The zero-order chi connectivity index (χ0) is 15.5. The van der Waals surface area contributed by atoms with Gasteiger partial charge in [-0.1, -0.05) is 17.7 Å². The predicted octanol–water partition coefficient (Wildman–Crippen LogP) is 3.32. The zero-order valence-electron chi connectivity index (χ0n) is 13.0. The number of hydrogen-bond donors (Lipinski definition) is 1. The van der Waals surface area contributed by atoms with Gasteiger partial charge in [0.2, 0.25) is 5.91 Å². The molecule has 22 heavy (non-hydrogen) atoms. The summed E-state index contributed by atoms with van der Waals surface area (Å²) < 4.78 is 2.18. The standard InChI is InChI=1S/C17H21N3OS/c1-12-3-7-16(8-4-12)22-13(2)17(21)19-10-15-9-18-11-20(15)14-5-6-14/h3-4,7-9,11,13-14H,5-6,10H2,1-2H3,(H,19,21)/t13-/m0/s1. The van der Waals surface area contributed by atoms with Crippen LogP contribution in [0.1, 0.15) is 37.1 Å². The third-order valence-electron chi connectivity index (χ3n) is 3.83. The molecular weight excluding hydrogens is 294 g/mol. The Hall–Kier alpha value is -1.75. The zero-order valence-corrected chi connectivity index (χ0v) is 13.8. The molecule has 1 aromatic carbocycles. The van der Waals surface area contributed by atoms with Crippen molar-refractivity contribution in [2.45, 2.75) is 49.4 Å². The van der Waals surface area contributed by atoms with Gasteiger partial charge in [0.15, 0.2) is 0 Å². The van der Waals surface area contributed by atoms with E-state index in [4.69, 9.17) is 0 Å². The van der Waals surface area contributed by atoms with Crippen LogP contribution in [-0.4, -0.2) is 20.7 Å². The summed E-state index contributed by atoms with van der Waals surface area (Å²) in [6.45, 7) is 4.56. The van der Waals surface area contributed by atoms with Crippen molar-refractivity contribution in [1.29, 1.82) is 0 Å². The van der Waals surface area contributed by atoms with Gasteiger partial charge in [-0.25, -0.2) is 4.98 Å². The van der Waals surface area contributed by atoms with E-state index in [2.05, 4.69) is 46.1 Å². The van der Waals surface area contributed by atoms with Crippen LogP contribution in [0.25, 0.3) is 0 Å². The van der Waals surface area contributed by atoms with E-state index in [1.807, 2.05) is 19.4 Å². The van der Waals surface area contributed by atoms with Gasteiger partial charge in [-0.2, -0.15) is 0 Å². The molecule has 0 bridgehead atoms. The van der Waals surface area contributed by atoms with Crippen molar-refractivity contribution in [1.82, 2.24) is 14.9 Å². The molecule has 1 heterocycles. The third-order valence-corrected chi connectivity index (χ3v) is 4.95. The van der Waals surface area contributed by atoms with Crippen molar-refractivity contribution >= 4 is 17.7 Å². The molecule has 0 aliphatic heterocycles. The summed E-state index contributed by atoms with van der Waals surface area (Å²) in [5, 5.41) is 2.91. The summed E-state index contributed by atoms with van der Waals surface area (Å²) in [5.41, 5.74) is 2.32. The molecule has 3 rings (SSSR count). The van der Waals surface area contributed by atoms with Crippen LogP contribution in [0.2, 0.25) is 0 Å². The highest BCUT2D eigenvalue weighted by Crippen LogP contribution is 2.35. The van der Waals surface area contributed by atoms with Crippen molar-refractivity contribution in [2.24, 2.45) is 0 Å². The number of carbonyl (C=O) groups is 1. The van der Waals surface area contributed by atoms with Crippen LogP contribution in [0, 0.1) is 6.92 Å². The fraction of sp³-hybridized carbons (Fsp3) is 0.412. The first-order valence-electron chi connectivity index (χ1n) is 7.65. The Bertz CT molecular complexity index is 646. The number of hydrogen-bond acceptors (Lipinski definition) is 3. The van der Waals surface area contributed by atoms with Gasteiger partial charge < -0.3 is 9.88 Å². The van der Waals surface area contributed by atoms with Crippen molar-refractivity contribution in [3.05, 3.63) is 48.0 Å². The van der Waals surface area contributed by atoms with Gasteiger partial charge in [0.05, 0.1) is 23.8 Å². The monoisotopic (exact) mass is 315 g/mol. The van der Waals surface area contributed by atoms with Crippen LogP contribution in [0.3, 0.4) is 0 Å². The number of imidazole rings is 1. The van der Waals surface area contributed by atoms with Gasteiger partial charge >= 0.3 is 0 Å². The maximum atomic E-state index is 12.2. The Kier molecular flexibility index (Phi) is 4.52. The average Bonchev–Trinajstić information content (AvgIpc) is 3.25. The molecular formula is C17H21N3OS. The fourth-order valence-corrected chi connectivity index (χ4v) is 3.24. The van der Waals surface area contributed by atoms with Crippen LogP contribution in [0.4, 0.5) is 0 Å². The number of benzene rings is 1. The van der Waals surface area contributed by atoms with Gasteiger partial charge in [0, 0.05) is 17.1 Å². The highest BCUT2D eigenvalue weighted by Gasteiger charge is 2.25. The lowest BCUT2D eigenvalue weighted by molar-refractivity contribution is -0.120. The second kappa shape index (κ2) is 6.57. The molecule has 1 aromatic heterocycles. The topological polar surface area (TPSA) is 46.9 Å². The molecule has 0 unspecified atom stereocenters. The molecule has 0 spiro atoms. The van der Waals surface area contributed by atoms with E-state index in [1.165, 1.54) is 18.4 Å². The van der Waals surface area contributed by atoms with Crippen molar-refractivity contribution in [3.8, 4) is 0 Å². The van der Waals surface area contributed by atoms with Gasteiger partial charge in [0.25, 0.3) is 0 Å². The van der Waals surface area contributed by atoms with Crippen molar-refractivity contribution < 1.29 is 4.79 Å². The molecule has 2 aromatic rings. The number of amides is 1. The Morgan fingerprint density at radius 1 is 1.41 bits per heavy atom. The molecule has 1 amide bonds. The summed E-state index contributed by atoms with van der Waals surface area (Å²) in [5.74, 6) is 0.0640. The highest BCUT2D eigenvalue weighted by atomic mass is 32.2. The van der Waals surface area contributed by atoms with Crippen LogP contribution in [0.5, 0.6) is 0 Å². The lowest BCUT2D eigenvalue weighted by atomic mass is 10.2. The molecule has 1 atom stereocenters. The molecule has 116 valence electrons. The van der Waals surface area contributed by atoms with Gasteiger partial charge in [-0.05, 0) is 38.8 Å². The molecule has 1 fully saturated rings. The van der Waals surface area contributed by atoms with E-state index in [9.17, 15) is 4.79 Å². The Labute approximate surface area is 135 Å². The number of carbonyl (C=O) groups excluding carboxylic acids is 1. The normalized spacial score (nSPS) is 15.5. The van der Waals surface area contributed by atoms with Crippen LogP contribution >= 0.6 is 11.8 Å². The minimum Gasteiger partial charge on any atom is -0.350 e. The predicted molar refractivity (Wildman–Crippen MR) is 88.8 cm³/mol. The fourth-order valence-electron chi connectivity index (χ4n) is 2.35. The first kappa shape index (κ1) is 15.2. The molecule has 0 saturated heterocycles. The molecule has 1 aliphatic rings. The van der Waals surface area contributed by atoms with Gasteiger partial charge in [-0.15, -0.1) is 11.8 Å². The van der Waals surface area contributed by atoms with Crippen molar-refractivity contribution in [3.63, 3.8) is 0 Å². The van der Waals surface area contributed by atoms with Crippen molar-refractivity contribution in [2.75, 3.05) is 0 Å². The minimum absolute atomic E-state index is 0.0640. The van der Waals surface area contributed by atoms with E-state index in [-0.39, 0.29) is 11.2 Å². The first-order chi connectivity index (χ1) is 10.6. The lowest BCUT2D eigenvalue weighted by Crippen LogP contribution is -2.31. The maximum Gasteiger partial charge on any atom is 0.233 e. The van der Waals surface area contributed by atoms with Gasteiger partial charge in [0.1, 0.15) is 0 Å². The summed E-state index contributed by atoms with van der Waals surface area (Å²) in [4.78, 5) is 17.6. The Morgan fingerprint density at radius 2 is 2.14 bits per heavy atom. The second-order valence-corrected chi connectivity index (χ2v) is 7.23. The molecule has 1 aliphatic carbocycles. The second-order valence-electron chi connectivity index (χ2n) is 5.81. The molecule has 0 radical (unpaired) electrons. The number of thioether (sulfide) groups is 1. The SMILES string of the molecule is Cc1ccc(S[C@@H](C)C(=O)NCc2cncn2C2CC2)cc1. The summed E-state index contributed by atoms with van der Waals surface area (Å²) in [7, 11) is 0. The van der Waals surface area contributed by atoms with Crippen LogP contribution in [0.15, 0.2) is 41.7 Å². The first-order valence-corrected chi connectivity index (χ1v) is 8.53. The smallest absolute Gasteiger partial charge is 0.233 e. The number of rotatable bonds is 6. The summed E-state index contributed by atoms with van der Waals surface area (Å²) in [6.07, 6.45) is 6.15. The Balaban J connectivity index is 1.52. The van der Waals surface area contributed by atoms with Crippen LogP contribution < -0.4 is 5.32 Å². The van der Waals surface area contributed by atoms with E-state index >= 15 is 0 Å². The Morgan fingerprint density at radius 3 is 2.82 bits per heavy atom. The van der Waals surface area contributed by atoms with E-state index in [1.54, 1.807) is 11.8 Å². The number of nitrogens with zero attached hydrogens (tertiary/aromatic N) is 2. The molecule has 1 saturated carbocycles. The number of aromatic nitrogens is 2. The molecule has 5 heteroatoms. The molecule has 1 N–H and O–H groups in total. The largest absolute Gasteiger partial charge is 0.350 e. The summed E-state index contributed by atoms with van der Waals surface area (Å²) >= 11 is 1.59. The summed E-state index contributed by atoms with van der Waals surface area (Å²) in [6, 6.07) is 8.86. The highest BCUT2D eigenvalue weighted by molar-refractivity contribution is 8.00. The lowest BCUT2D eigenvalue weighted by Gasteiger charge is -2.13. The average molecular weight is 315 g/mol. The number of nitrogens with one attached hydrogen (secondary N) is 1. The quantitative estimate of drug-likeness (QED) is 0.832. The van der Waals surface area contributed by atoms with E-state index in [0.717, 1.165) is 10.6 Å². The van der Waals surface area contributed by atoms with E-state index < -0.39 is 0 Å². The van der Waals surface area contributed by atoms with Crippen LogP contribution in [-0.2, 0) is 11.3 Å². The van der Waals surface area contributed by atoms with E-state index in [0.29, 0.717) is 12.6 Å². The molecule has 4 nitrogen and oxygen atoms in total. The third kappa shape index (κ3) is 3.71.